The fraction of sp³-hybridized carbons (Fsp3) is 0.462. The zero-order valence-electron chi connectivity index (χ0n) is 9.23. The summed E-state index contributed by atoms with van der Waals surface area (Å²) in [4.78, 5) is 10.7. The van der Waals surface area contributed by atoms with Gasteiger partial charge in [-0.05, 0) is 36.3 Å². The van der Waals surface area contributed by atoms with Crippen molar-refractivity contribution in [1.82, 2.24) is 0 Å². The lowest BCUT2D eigenvalue weighted by Crippen LogP contribution is -2.32. The lowest BCUT2D eigenvalue weighted by molar-refractivity contribution is -0.138. The van der Waals surface area contributed by atoms with Crippen molar-refractivity contribution in [3.8, 4) is 0 Å². The normalized spacial score (nSPS) is 17.8. The van der Waals surface area contributed by atoms with E-state index in [-0.39, 0.29) is 0 Å². The highest BCUT2D eigenvalue weighted by Crippen LogP contribution is 2.36. The summed E-state index contributed by atoms with van der Waals surface area (Å²) in [6, 6.07) is 7.38. The fourth-order valence-electron chi connectivity index (χ4n) is 2.06. The highest BCUT2D eigenvalue weighted by atomic mass is 16.4. The van der Waals surface area contributed by atoms with Gasteiger partial charge in [-0.3, -0.25) is 4.79 Å². The van der Waals surface area contributed by atoms with Crippen LogP contribution in [-0.4, -0.2) is 17.1 Å². The first-order chi connectivity index (χ1) is 7.66. The van der Waals surface area contributed by atoms with Crippen molar-refractivity contribution < 1.29 is 9.90 Å². The van der Waals surface area contributed by atoms with Gasteiger partial charge in [0.05, 0.1) is 0 Å². The molecule has 0 aromatic heterocycles. The molecule has 0 bridgehead atoms. The van der Waals surface area contributed by atoms with Crippen molar-refractivity contribution in [3.63, 3.8) is 0 Å². The molecule has 3 N–H and O–H groups in total. The minimum Gasteiger partial charge on any atom is -0.480 e. The Labute approximate surface area is 95.3 Å². The maximum Gasteiger partial charge on any atom is 0.320 e. The molecule has 0 spiro atoms. The summed E-state index contributed by atoms with van der Waals surface area (Å²) in [5, 5.41) is 8.75. The molecule has 1 atom stereocenters. The van der Waals surface area contributed by atoms with Crippen molar-refractivity contribution in [2.75, 3.05) is 0 Å². The third-order valence-corrected chi connectivity index (χ3v) is 3.30. The van der Waals surface area contributed by atoms with Gasteiger partial charge in [0.25, 0.3) is 0 Å². The molecule has 1 aromatic carbocycles. The molecule has 3 nitrogen and oxygen atoms in total. The summed E-state index contributed by atoms with van der Waals surface area (Å²) in [5.41, 5.74) is 7.88. The van der Waals surface area contributed by atoms with E-state index < -0.39 is 12.0 Å². The Morgan fingerprint density at radius 3 is 2.81 bits per heavy atom. The van der Waals surface area contributed by atoms with Gasteiger partial charge in [0, 0.05) is 0 Å². The van der Waals surface area contributed by atoms with E-state index in [0.717, 1.165) is 5.56 Å². The number of carboxylic acid groups (broad SMARTS) is 1. The fourth-order valence-corrected chi connectivity index (χ4v) is 2.06. The summed E-state index contributed by atoms with van der Waals surface area (Å²) < 4.78 is 0. The quantitative estimate of drug-likeness (QED) is 0.813. The SMILES string of the molecule is NC(Cc1cccc(C2CCC2)c1)C(=O)O. The summed E-state index contributed by atoms with van der Waals surface area (Å²) in [7, 11) is 0. The number of aliphatic carboxylic acids is 1. The van der Waals surface area contributed by atoms with Crippen LogP contribution in [0.5, 0.6) is 0 Å². The molecule has 1 aromatic rings. The second kappa shape index (κ2) is 4.66. The Morgan fingerprint density at radius 2 is 2.25 bits per heavy atom. The second-order valence-corrected chi connectivity index (χ2v) is 4.52. The molecule has 0 heterocycles. The maximum atomic E-state index is 10.7. The topological polar surface area (TPSA) is 63.3 Å². The lowest BCUT2D eigenvalue weighted by Gasteiger charge is -2.26. The van der Waals surface area contributed by atoms with Crippen LogP contribution in [0.4, 0.5) is 0 Å². The average molecular weight is 219 g/mol. The Bertz CT molecular complexity index is 385. The first kappa shape index (κ1) is 11.1. The van der Waals surface area contributed by atoms with Crippen molar-refractivity contribution in [1.29, 1.82) is 0 Å². The van der Waals surface area contributed by atoms with Gasteiger partial charge in [-0.2, -0.15) is 0 Å². The molecule has 1 fully saturated rings. The molecule has 3 heteroatoms. The average Bonchev–Trinajstić information content (AvgIpc) is 2.15. The summed E-state index contributed by atoms with van der Waals surface area (Å²) >= 11 is 0. The predicted octanol–water partition coefficient (Wildman–Crippen LogP) is 1.91. The van der Waals surface area contributed by atoms with E-state index in [1.54, 1.807) is 0 Å². The number of hydrogen-bond donors (Lipinski definition) is 2. The molecule has 0 saturated heterocycles. The Balaban J connectivity index is 2.06. The Morgan fingerprint density at radius 1 is 1.50 bits per heavy atom. The molecule has 0 radical (unpaired) electrons. The number of carbonyl (C=O) groups is 1. The predicted molar refractivity (Wildman–Crippen MR) is 62.3 cm³/mol. The van der Waals surface area contributed by atoms with Crippen LogP contribution in [0.1, 0.15) is 36.3 Å². The van der Waals surface area contributed by atoms with Crippen LogP contribution >= 0.6 is 0 Å². The molecule has 16 heavy (non-hydrogen) atoms. The van der Waals surface area contributed by atoms with Crippen molar-refractivity contribution in [2.24, 2.45) is 5.73 Å². The maximum absolute atomic E-state index is 10.7. The van der Waals surface area contributed by atoms with Crippen LogP contribution in [-0.2, 0) is 11.2 Å². The zero-order valence-corrected chi connectivity index (χ0v) is 9.23. The second-order valence-electron chi connectivity index (χ2n) is 4.52. The van der Waals surface area contributed by atoms with Crippen LogP contribution in [0.15, 0.2) is 24.3 Å². The third-order valence-electron chi connectivity index (χ3n) is 3.30. The van der Waals surface area contributed by atoms with Gasteiger partial charge in [-0.25, -0.2) is 0 Å². The minimum absolute atomic E-state index is 0.413. The Kier molecular flexibility index (Phi) is 3.25. The summed E-state index contributed by atoms with van der Waals surface area (Å²) in [6.07, 6.45) is 4.24. The van der Waals surface area contributed by atoms with Gasteiger partial charge in [0.1, 0.15) is 6.04 Å². The van der Waals surface area contributed by atoms with E-state index in [1.165, 1.54) is 24.8 Å². The Hall–Kier alpha value is -1.35. The molecule has 0 amide bonds. The summed E-state index contributed by atoms with van der Waals surface area (Å²) in [6.45, 7) is 0. The molecular weight excluding hydrogens is 202 g/mol. The van der Waals surface area contributed by atoms with Crippen LogP contribution in [0.25, 0.3) is 0 Å². The van der Waals surface area contributed by atoms with E-state index in [1.807, 2.05) is 12.1 Å². The van der Waals surface area contributed by atoms with E-state index >= 15 is 0 Å². The third kappa shape index (κ3) is 2.42. The van der Waals surface area contributed by atoms with E-state index in [2.05, 4.69) is 12.1 Å². The molecule has 1 saturated carbocycles. The van der Waals surface area contributed by atoms with Gasteiger partial charge in [-0.1, -0.05) is 30.7 Å². The highest BCUT2D eigenvalue weighted by Gasteiger charge is 2.20. The smallest absolute Gasteiger partial charge is 0.320 e. The van der Waals surface area contributed by atoms with Crippen LogP contribution < -0.4 is 5.73 Å². The number of carboxylic acids is 1. The highest BCUT2D eigenvalue weighted by molar-refractivity contribution is 5.73. The van der Waals surface area contributed by atoms with Crippen molar-refractivity contribution >= 4 is 5.97 Å². The molecular formula is C13H17NO2. The van der Waals surface area contributed by atoms with Gasteiger partial charge >= 0.3 is 5.97 Å². The van der Waals surface area contributed by atoms with E-state index in [4.69, 9.17) is 10.8 Å². The molecule has 1 unspecified atom stereocenters. The zero-order chi connectivity index (χ0) is 11.5. The van der Waals surface area contributed by atoms with Gasteiger partial charge in [0.15, 0.2) is 0 Å². The molecule has 2 rings (SSSR count). The largest absolute Gasteiger partial charge is 0.480 e. The first-order valence-electron chi connectivity index (χ1n) is 5.74. The monoisotopic (exact) mass is 219 g/mol. The lowest BCUT2D eigenvalue weighted by atomic mass is 9.79. The standard InChI is InChI=1S/C13H17NO2/c14-12(13(15)16)8-9-3-1-6-11(7-9)10-4-2-5-10/h1,3,6-7,10,12H,2,4-5,8,14H2,(H,15,16). The van der Waals surface area contributed by atoms with Gasteiger partial charge in [0.2, 0.25) is 0 Å². The molecule has 1 aliphatic rings. The van der Waals surface area contributed by atoms with E-state index in [9.17, 15) is 4.79 Å². The van der Waals surface area contributed by atoms with Crippen molar-refractivity contribution in [2.45, 2.75) is 37.6 Å². The number of benzene rings is 1. The minimum atomic E-state index is -0.936. The molecule has 0 aliphatic heterocycles. The van der Waals surface area contributed by atoms with Crippen LogP contribution in [0.3, 0.4) is 0 Å². The number of hydrogen-bond acceptors (Lipinski definition) is 2. The molecule has 86 valence electrons. The van der Waals surface area contributed by atoms with Crippen LogP contribution in [0.2, 0.25) is 0 Å². The van der Waals surface area contributed by atoms with Crippen molar-refractivity contribution in [3.05, 3.63) is 35.4 Å². The van der Waals surface area contributed by atoms with Gasteiger partial charge in [-0.15, -0.1) is 0 Å². The molecule has 1 aliphatic carbocycles. The first-order valence-corrected chi connectivity index (χ1v) is 5.74. The van der Waals surface area contributed by atoms with Crippen LogP contribution in [0, 0.1) is 0 Å². The number of nitrogens with two attached hydrogens (primary N) is 1. The summed E-state index contributed by atoms with van der Waals surface area (Å²) in [5.74, 6) is -0.255. The van der Waals surface area contributed by atoms with Gasteiger partial charge < -0.3 is 10.8 Å². The number of rotatable bonds is 4. The van der Waals surface area contributed by atoms with E-state index in [0.29, 0.717) is 12.3 Å².